The van der Waals surface area contributed by atoms with E-state index in [4.69, 9.17) is 4.74 Å². The van der Waals surface area contributed by atoms with Crippen LogP contribution in [0.15, 0.2) is 11.6 Å². The quantitative estimate of drug-likeness (QED) is 0.432. The van der Waals surface area contributed by atoms with E-state index in [-0.39, 0.29) is 18.0 Å². The summed E-state index contributed by atoms with van der Waals surface area (Å²) in [6.45, 7) is 11.9. The molecule has 0 spiro atoms. The predicted octanol–water partition coefficient (Wildman–Crippen LogP) is 6.15. The topological polar surface area (TPSA) is 46.5 Å². The summed E-state index contributed by atoms with van der Waals surface area (Å²) in [5.74, 6) is 3.72. The Balaban J connectivity index is 1.49. The van der Waals surface area contributed by atoms with E-state index in [2.05, 4.69) is 26.8 Å². The van der Waals surface area contributed by atoms with Gasteiger partial charge in [-0.1, -0.05) is 39.3 Å². The standard InChI is InChI=1S/C27H44O3/c1-6-30-25(29)18(3)15-17(2)22-9-10-23-21-8-7-19-16-20(28)11-13-26(19,4)24(21)12-14-27(22,23)5/h7,17-18,20-24,28H,6,8-16H2,1-5H3/t17-,18-,20+,21+,22-,23+,24+,26+,27-/m1/s1. The molecule has 0 aromatic carbocycles. The summed E-state index contributed by atoms with van der Waals surface area (Å²) in [5, 5.41) is 10.2. The Hall–Kier alpha value is -0.830. The van der Waals surface area contributed by atoms with Crippen molar-refractivity contribution in [2.45, 2.75) is 98.5 Å². The second kappa shape index (κ2) is 8.26. The Kier molecular flexibility index (Phi) is 6.16. The van der Waals surface area contributed by atoms with Gasteiger partial charge >= 0.3 is 5.97 Å². The SMILES string of the molecule is CCOC(=O)[C@H](C)C[C@@H](C)[C@H]1CC[C@H]2[C@@H]3CC=C4C[C@@H](O)CC[C@]4(C)[C@H]3CC[C@]12C. The Morgan fingerprint density at radius 1 is 1.17 bits per heavy atom. The summed E-state index contributed by atoms with van der Waals surface area (Å²) < 4.78 is 5.28. The molecule has 3 saturated carbocycles. The van der Waals surface area contributed by atoms with E-state index in [1.54, 1.807) is 5.57 Å². The van der Waals surface area contributed by atoms with Crippen molar-refractivity contribution in [2.24, 2.45) is 46.3 Å². The number of aliphatic hydroxyl groups is 1. The van der Waals surface area contributed by atoms with Crippen LogP contribution in [0, 0.1) is 46.3 Å². The van der Waals surface area contributed by atoms with Gasteiger partial charge in [-0.15, -0.1) is 0 Å². The van der Waals surface area contributed by atoms with Crippen LogP contribution in [0.1, 0.15) is 92.4 Å². The maximum Gasteiger partial charge on any atom is 0.308 e. The molecule has 9 atom stereocenters. The van der Waals surface area contributed by atoms with Crippen molar-refractivity contribution in [2.75, 3.05) is 6.61 Å². The van der Waals surface area contributed by atoms with E-state index < -0.39 is 0 Å². The molecule has 4 aliphatic rings. The fraction of sp³-hybridized carbons (Fsp3) is 0.889. The van der Waals surface area contributed by atoms with Gasteiger partial charge in [0.05, 0.1) is 18.6 Å². The first-order valence-electron chi connectivity index (χ1n) is 12.7. The molecule has 4 aliphatic carbocycles. The highest BCUT2D eigenvalue weighted by Gasteiger charge is 2.59. The second-order valence-corrected chi connectivity index (χ2v) is 11.8. The zero-order valence-electron chi connectivity index (χ0n) is 20.0. The van der Waals surface area contributed by atoms with Gasteiger partial charge < -0.3 is 9.84 Å². The summed E-state index contributed by atoms with van der Waals surface area (Å²) in [4.78, 5) is 12.2. The van der Waals surface area contributed by atoms with E-state index in [0.29, 0.717) is 23.4 Å². The molecular formula is C27H44O3. The zero-order chi connectivity index (χ0) is 21.7. The minimum atomic E-state index is -0.118. The number of hydrogen-bond donors (Lipinski definition) is 1. The number of fused-ring (bicyclic) bond motifs is 5. The van der Waals surface area contributed by atoms with Crippen LogP contribution in [0.25, 0.3) is 0 Å². The van der Waals surface area contributed by atoms with Crippen LogP contribution in [0.4, 0.5) is 0 Å². The first-order chi connectivity index (χ1) is 14.2. The highest BCUT2D eigenvalue weighted by Crippen LogP contribution is 2.67. The number of carbonyl (C=O) groups excluding carboxylic acids is 1. The smallest absolute Gasteiger partial charge is 0.308 e. The number of esters is 1. The molecule has 3 fully saturated rings. The molecule has 4 rings (SSSR count). The van der Waals surface area contributed by atoms with Gasteiger partial charge in [0.1, 0.15) is 0 Å². The van der Waals surface area contributed by atoms with Crippen molar-refractivity contribution >= 4 is 5.97 Å². The molecule has 30 heavy (non-hydrogen) atoms. The van der Waals surface area contributed by atoms with Crippen LogP contribution in [-0.2, 0) is 9.53 Å². The van der Waals surface area contributed by atoms with E-state index in [1.165, 1.54) is 38.5 Å². The van der Waals surface area contributed by atoms with Crippen molar-refractivity contribution in [3.63, 3.8) is 0 Å². The minimum absolute atomic E-state index is 0.00619. The molecule has 0 aliphatic heterocycles. The fourth-order valence-electron chi connectivity index (χ4n) is 8.72. The minimum Gasteiger partial charge on any atom is -0.466 e. The summed E-state index contributed by atoms with van der Waals surface area (Å²) in [6, 6.07) is 0. The van der Waals surface area contributed by atoms with E-state index in [0.717, 1.165) is 42.9 Å². The van der Waals surface area contributed by atoms with Crippen molar-refractivity contribution in [3.05, 3.63) is 11.6 Å². The van der Waals surface area contributed by atoms with Gasteiger partial charge in [0, 0.05) is 0 Å². The normalized spacial score (nSPS) is 44.9. The lowest BCUT2D eigenvalue weighted by Crippen LogP contribution is -2.50. The number of aliphatic hydroxyl groups excluding tert-OH is 1. The maximum atomic E-state index is 12.2. The van der Waals surface area contributed by atoms with Crippen LogP contribution < -0.4 is 0 Å². The van der Waals surface area contributed by atoms with Crippen molar-refractivity contribution < 1.29 is 14.6 Å². The molecular weight excluding hydrogens is 372 g/mol. The third-order valence-corrected chi connectivity index (χ3v) is 10.3. The summed E-state index contributed by atoms with van der Waals surface area (Å²) >= 11 is 0. The number of rotatable bonds is 5. The lowest BCUT2D eigenvalue weighted by molar-refractivity contribution is -0.148. The lowest BCUT2D eigenvalue weighted by Gasteiger charge is -2.58. The molecule has 0 radical (unpaired) electrons. The van der Waals surface area contributed by atoms with Gasteiger partial charge in [0.15, 0.2) is 0 Å². The Bertz CT molecular complexity index is 684. The molecule has 3 nitrogen and oxygen atoms in total. The molecule has 0 saturated heterocycles. The van der Waals surface area contributed by atoms with Gasteiger partial charge in [0.25, 0.3) is 0 Å². The lowest BCUT2D eigenvalue weighted by atomic mass is 9.47. The van der Waals surface area contributed by atoms with Gasteiger partial charge in [-0.05, 0) is 105 Å². The van der Waals surface area contributed by atoms with E-state index in [9.17, 15) is 9.90 Å². The van der Waals surface area contributed by atoms with Crippen molar-refractivity contribution in [3.8, 4) is 0 Å². The molecule has 0 bridgehead atoms. The van der Waals surface area contributed by atoms with E-state index in [1.807, 2.05) is 13.8 Å². The van der Waals surface area contributed by atoms with Crippen LogP contribution in [0.2, 0.25) is 0 Å². The maximum absolute atomic E-state index is 12.2. The number of allylic oxidation sites excluding steroid dienone is 1. The van der Waals surface area contributed by atoms with Crippen LogP contribution in [-0.4, -0.2) is 23.8 Å². The molecule has 0 aromatic rings. The largest absolute Gasteiger partial charge is 0.466 e. The monoisotopic (exact) mass is 416 g/mol. The molecule has 0 aromatic heterocycles. The van der Waals surface area contributed by atoms with Gasteiger partial charge in [-0.3, -0.25) is 4.79 Å². The third-order valence-electron chi connectivity index (χ3n) is 10.3. The van der Waals surface area contributed by atoms with Crippen LogP contribution in [0.5, 0.6) is 0 Å². The molecule has 0 amide bonds. The molecule has 0 heterocycles. The van der Waals surface area contributed by atoms with Gasteiger partial charge in [-0.2, -0.15) is 0 Å². The van der Waals surface area contributed by atoms with Crippen LogP contribution in [0.3, 0.4) is 0 Å². The number of carbonyl (C=O) groups is 1. The average Bonchev–Trinajstić information content (AvgIpc) is 3.06. The summed E-state index contributed by atoms with van der Waals surface area (Å²) in [5.41, 5.74) is 2.31. The summed E-state index contributed by atoms with van der Waals surface area (Å²) in [7, 11) is 0. The average molecular weight is 417 g/mol. The highest BCUT2D eigenvalue weighted by molar-refractivity contribution is 5.71. The molecule has 0 unspecified atom stereocenters. The first-order valence-corrected chi connectivity index (χ1v) is 12.7. The summed E-state index contributed by atoms with van der Waals surface area (Å²) in [6.07, 6.45) is 13.0. The third kappa shape index (κ3) is 3.57. The predicted molar refractivity (Wildman–Crippen MR) is 121 cm³/mol. The van der Waals surface area contributed by atoms with Crippen LogP contribution >= 0.6 is 0 Å². The molecule has 3 heteroatoms. The zero-order valence-corrected chi connectivity index (χ0v) is 20.0. The highest BCUT2D eigenvalue weighted by atomic mass is 16.5. The number of ether oxygens (including phenoxy) is 1. The Labute approximate surface area is 184 Å². The Morgan fingerprint density at radius 2 is 1.93 bits per heavy atom. The van der Waals surface area contributed by atoms with Gasteiger partial charge in [0.2, 0.25) is 0 Å². The van der Waals surface area contributed by atoms with Gasteiger partial charge in [-0.25, -0.2) is 0 Å². The molecule has 1 N–H and O–H groups in total. The number of hydrogen-bond acceptors (Lipinski definition) is 3. The van der Waals surface area contributed by atoms with E-state index >= 15 is 0 Å². The second-order valence-electron chi connectivity index (χ2n) is 11.8. The van der Waals surface area contributed by atoms with Crippen molar-refractivity contribution in [1.29, 1.82) is 0 Å². The van der Waals surface area contributed by atoms with Crippen molar-refractivity contribution in [1.82, 2.24) is 0 Å². The Morgan fingerprint density at radius 3 is 2.67 bits per heavy atom. The first kappa shape index (κ1) is 22.4. The molecule has 170 valence electrons. The fourth-order valence-corrected chi connectivity index (χ4v) is 8.72.